The van der Waals surface area contributed by atoms with E-state index in [1.807, 2.05) is 18.2 Å². The molecule has 0 N–H and O–H groups in total. The van der Waals surface area contributed by atoms with Gasteiger partial charge in [0.1, 0.15) is 18.3 Å². The number of ether oxygens (including phenoxy) is 4. The highest BCUT2D eigenvalue weighted by molar-refractivity contribution is 5.69. The minimum absolute atomic E-state index is 0.00656. The van der Waals surface area contributed by atoms with Gasteiger partial charge in [0.05, 0.1) is 19.2 Å². The van der Waals surface area contributed by atoms with Crippen molar-refractivity contribution < 1.29 is 37.3 Å². The van der Waals surface area contributed by atoms with Gasteiger partial charge >= 0.3 is 18.9 Å². The first-order valence-corrected chi connectivity index (χ1v) is 8.91. The van der Waals surface area contributed by atoms with Gasteiger partial charge in [-0.2, -0.15) is 8.78 Å². The molecule has 0 aliphatic carbocycles. The summed E-state index contributed by atoms with van der Waals surface area (Å²) in [6.07, 6.45) is -2.14. The van der Waals surface area contributed by atoms with Gasteiger partial charge in [0, 0.05) is 6.42 Å². The molecule has 1 aromatic carbocycles. The number of hydrogen-bond acceptors (Lipinski definition) is 6. The first-order valence-electron chi connectivity index (χ1n) is 8.91. The molecule has 1 fully saturated rings. The zero-order valence-corrected chi connectivity index (χ0v) is 16.1. The zero-order chi connectivity index (χ0) is 20.7. The smallest absolute Gasteiger partial charge is 0.444 e. The van der Waals surface area contributed by atoms with E-state index in [0.717, 1.165) is 5.56 Å². The Morgan fingerprint density at radius 3 is 2.50 bits per heavy atom. The number of carbonyl (C=O) groups is 2. The Kier molecular flexibility index (Phi) is 7.56. The van der Waals surface area contributed by atoms with Crippen LogP contribution in [0.25, 0.3) is 0 Å². The Balaban J connectivity index is 1.91. The average Bonchev–Trinajstić information content (AvgIpc) is 3.00. The van der Waals surface area contributed by atoms with E-state index in [1.54, 1.807) is 32.9 Å². The number of amides is 1. The lowest BCUT2D eigenvalue weighted by Gasteiger charge is -2.28. The molecule has 1 amide bonds. The largest absolute Gasteiger partial charge is 0.508 e. The Morgan fingerprint density at radius 1 is 1.21 bits per heavy atom. The third-order valence-corrected chi connectivity index (χ3v) is 3.88. The van der Waals surface area contributed by atoms with Crippen LogP contribution in [0.1, 0.15) is 32.8 Å². The van der Waals surface area contributed by atoms with Crippen LogP contribution in [0.4, 0.5) is 18.4 Å². The lowest BCUT2D eigenvalue weighted by atomic mass is 10.2. The molecule has 0 unspecified atom stereocenters. The van der Waals surface area contributed by atoms with Crippen molar-refractivity contribution in [1.29, 1.82) is 0 Å². The number of rotatable bonds is 6. The Hall–Kier alpha value is -2.42. The maximum absolute atomic E-state index is 12.4. The van der Waals surface area contributed by atoms with Crippen LogP contribution in [-0.2, 0) is 25.6 Å². The van der Waals surface area contributed by atoms with Crippen molar-refractivity contribution in [2.75, 3.05) is 13.2 Å². The van der Waals surface area contributed by atoms with Crippen LogP contribution in [0.5, 0.6) is 0 Å². The van der Waals surface area contributed by atoms with E-state index in [9.17, 15) is 18.4 Å². The molecule has 2 rings (SSSR count). The molecule has 2 atom stereocenters. The molecule has 28 heavy (non-hydrogen) atoms. The summed E-state index contributed by atoms with van der Waals surface area (Å²) in [6.45, 7) is 1.78. The lowest BCUT2D eigenvalue weighted by molar-refractivity contribution is -0.138. The number of carbonyl (C=O) groups excluding carboxylic acids is 2. The molecule has 0 bridgehead atoms. The van der Waals surface area contributed by atoms with Gasteiger partial charge in [0.2, 0.25) is 0 Å². The fourth-order valence-corrected chi connectivity index (χ4v) is 2.73. The van der Waals surface area contributed by atoms with E-state index in [1.165, 1.54) is 4.90 Å². The van der Waals surface area contributed by atoms with Crippen LogP contribution >= 0.6 is 0 Å². The predicted molar refractivity (Wildman–Crippen MR) is 94.8 cm³/mol. The summed E-state index contributed by atoms with van der Waals surface area (Å²) >= 11 is 0. The van der Waals surface area contributed by atoms with Gasteiger partial charge in [0.15, 0.2) is 0 Å². The van der Waals surface area contributed by atoms with E-state index >= 15 is 0 Å². The minimum Gasteiger partial charge on any atom is -0.444 e. The molecule has 0 aromatic heterocycles. The third kappa shape index (κ3) is 7.30. The first kappa shape index (κ1) is 21.9. The van der Waals surface area contributed by atoms with Gasteiger partial charge in [-0.25, -0.2) is 9.59 Å². The van der Waals surface area contributed by atoms with Gasteiger partial charge in [-0.15, -0.1) is 0 Å². The molecule has 1 saturated heterocycles. The summed E-state index contributed by atoms with van der Waals surface area (Å²) in [5, 5.41) is 0. The van der Waals surface area contributed by atoms with Gasteiger partial charge in [-0.3, -0.25) is 4.90 Å². The van der Waals surface area contributed by atoms with E-state index in [-0.39, 0.29) is 19.6 Å². The molecular weight excluding hydrogens is 376 g/mol. The quantitative estimate of drug-likeness (QED) is 0.672. The van der Waals surface area contributed by atoms with Crippen molar-refractivity contribution in [2.45, 2.75) is 58.2 Å². The summed E-state index contributed by atoms with van der Waals surface area (Å²) in [4.78, 5) is 25.5. The lowest BCUT2D eigenvalue weighted by Crippen LogP contribution is -2.42. The Labute approximate surface area is 162 Å². The highest BCUT2D eigenvalue weighted by atomic mass is 19.3. The summed E-state index contributed by atoms with van der Waals surface area (Å²) in [5.74, 6) is 0. The van der Waals surface area contributed by atoms with Gasteiger partial charge in [-0.1, -0.05) is 30.3 Å². The van der Waals surface area contributed by atoms with Crippen LogP contribution < -0.4 is 0 Å². The summed E-state index contributed by atoms with van der Waals surface area (Å²) in [6, 6.07) is 8.36. The van der Waals surface area contributed by atoms with Gasteiger partial charge < -0.3 is 18.9 Å². The normalized spacial score (nSPS) is 19.6. The average molecular weight is 401 g/mol. The highest BCUT2D eigenvalue weighted by Gasteiger charge is 2.40. The Morgan fingerprint density at radius 2 is 1.89 bits per heavy atom. The fourth-order valence-electron chi connectivity index (χ4n) is 2.73. The molecule has 1 heterocycles. The number of halogens is 2. The number of nitrogens with zero attached hydrogens (tertiary/aromatic N) is 1. The van der Waals surface area contributed by atoms with Crippen LogP contribution in [0.2, 0.25) is 0 Å². The molecule has 1 aromatic rings. The third-order valence-electron chi connectivity index (χ3n) is 3.88. The summed E-state index contributed by atoms with van der Waals surface area (Å²) < 4.78 is 44.7. The van der Waals surface area contributed by atoms with E-state index in [2.05, 4.69) is 4.74 Å². The molecule has 156 valence electrons. The van der Waals surface area contributed by atoms with Crippen molar-refractivity contribution in [3.8, 4) is 0 Å². The number of benzene rings is 1. The minimum atomic E-state index is -2.96. The van der Waals surface area contributed by atoms with E-state index < -0.39 is 43.2 Å². The monoisotopic (exact) mass is 401 g/mol. The Bertz CT molecular complexity index is 650. The van der Waals surface area contributed by atoms with Crippen molar-refractivity contribution in [3.05, 3.63) is 35.9 Å². The second kappa shape index (κ2) is 9.68. The molecule has 1 aliphatic heterocycles. The van der Waals surface area contributed by atoms with E-state index in [4.69, 9.17) is 14.2 Å². The van der Waals surface area contributed by atoms with Crippen molar-refractivity contribution >= 4 is 12.2 Å². The van der Waals surface area contributed by atoms with Crippen molar-refractivity contribution in [1.82, 2.24) is 4.90 Å². The first-order chi connectivity index (χ1) is 13.1. The van der Waals surface area contributed by atoms with Crippen LogP contribution in [0, 0.1) is 0 Å². The zero-order valence-electron chi connectivity index (χ0n) is 16.1. The maximum atomic E-state index is 12.4. The fraction of sp³-hybridized carbons (Fsp3) is 0.579. The van der Waals surface area contributed by atoms with E-state index in [0.29, 0.717) is 0 Å². The van der Waals surface area contributed by atoms with Crippen LogP contribution in [0.15, 0.2) is 30.3 Å². The summed E-state index contributed by atoms with van der Waals surface area (Å²) in [5.41, 5.74) is 0.0446. The predicted octanol–water partition coefficient (Wildman–Crippen LogP) is 3.96. The number of likely N-dealkylation sites (tertiary alicyclic amines) is 1. The summed E-state index contributed by atoms with van der Waals surface area (Å²) in [7, 11) is 0. The van der Waals surface area contributed by atoms with Crippen LogP contribution in [-0.4, -0.2) is 54.7 Å². The standard InChI is InChI=1S/C19H25F2NO6/c1-19(2,3)28-17(23)22-10-15(9-14(22)12-25-16(20)21)27-18(24)26-11-13-7-5-4-6-8-13/h4-8,14-16H,9-12H2,1-3H3/t14-,15+/m0/s1. The molecule has 1 aliphatic rings. The van der Waals surface area contributed by atoms with Gasteiger partial charge in [0.25, 0.3) is 0 Å². The van der Waals surface area contributed by atoms with Crippen molar-refractivity contribution in [3.63, 3.8) is 0 Å². The second-order valence-corrected chi connectivity index (χ2v) is 7.38. The maximum Gasteiger partial charge on any atom is 0.508 e. The highest BCUT2D eigenvalue weighted by Crippen LogP contribution is 2.24. The topological polar surface area (TPSA) is 74.3 Å². The number of hydrogen-bond donors (Lipinski definition) is 0. The molecule has 0 saturated carbocycles. The number of alkyl halides is 2. The SMILES string of the molecule is CC(C)(C)OC(=O)N1C[C@H](OC(=O)OCc2ccccc2)C[C@H]1COC(F)F. The van der Waals surface area contributed by atoms with Gasteiger partial charge in [-0.05, 0) is 26.3 Å². The van der Waals surface area contributed by atoms with Crippen LogP contribution in [0.3, 0.4) is 0 Å². The molecule has 9 heteroatoms. The van der Waals surface area contributed by atoms with Crippen molar-refractivity contribution in [2.24, 2.45) is 0 Å². The molecular formula is C19H25F2NO6. The molecule has 7 nitrogen and oxygen atoms in total. The molecule has 0 radical (unpaired) electrons. The molecule has 0 spiro atoms. The second-order valence-electron chi connectivity index (χ2n) is 7.38.